The Balaban J connectivity index is 1.42. The zero-order valence-corrected chi connectivity index (χ0v) is 15.5. The van der Waals surface area contributed by atoms with Crippen molar-refractivity contribution in [3.8, 4) is 11.4 Å². The second kappa shape index (κ2) is 7.48. The van der Waals surface area contributed by atoms with Crippen LogP contribution in [0.15, 0.2) is 53.1 Å². The molecule has 2 atom stereocenters. The second-order valence-corrected chi connectivity index (χ2v) is 7.09. The molecular formula is C21H23FN4O. The van der Waals surface area contributed by atoms with Gasteiger partial charge in [0.2, 0.25) is 11.7 Å². The molecule has 1 aliphatic heterocycles. The Morgan fingerprint density at radius 1 is 1.22 bits per heavy atom. The second-order valence-electron chi connectivity index (χ2n) is 7.09. The molecule has 140 valence electrons. The third-order valence-electron chi connectivity index (χ3n) is 5.14. The molecule has 1 fully saturated rings. The zero-order valence-electron chi connectivity index (χ0n) is 15.5. The van der Waals surface area contributed by atoms with Crippen molar-refractivity contribution < 1.29 is 8.91 Å². The monoisotopic (exact) mass is 366 g/mol. The Kier molecular flexibility index (Phi) is 4.90. The van der Waals surface area contributed by atoms with Gasteiger partial charge in [0, 0.05) is 30.4 Å². The number of hydrogen-bond donors (Lipinski definition) is 1. The van der Waals surface area contributed by atoms with Crippen molar-refractivity contribution in [1.82, 2.24) is 15.0 Å². The van der Waals surface area contributed by atoms with Crippen molar-refractivity contribution >= 4 is 5.69 Å². The molecule has 1 aromatic heterocycles. The molecule has 0 spiro atoms. The van der Waals surface area contributed by atoms with Crippen LogP contribution in [0.25, 0.3) is 11.4 Å². The first-order chi connectivity index (χ1) is 13.1. The fourth-order valence-electron chi connectivity index (χ4n) is 3.44. The summed E-state index contributed by atoms with van der Waals surface area (Å²) in [6.45, 7) is 5.67. The smallest absolute Gasteiger partial charge is 0.244 e. The van der Waals surface area contributed by atoms with Gasteiger partial charge in [-0.15, -0.1) is 0 Å². The average Bonchev–Trinajstić information content (AvgIpc) is 3.34. The van der Waals surface area contributed by atoms with Gasteiger partial charge >= 0.3 is 0 Å². The number of anilines is 1. The maximum atomic E-state index is 13.8. The van der Waals surface area contributed by atoms with Crippen molar-refractivity contribution in [2.24, 2.45) is 0 Å². The lowest BCUT2D eigenvalue weighted by molar-refractivity contribution is 0.208. The van der Waals surface area contributed by atoms with Crippen LogP contribution in [0, 0.1) is 12.7 Å². The van der Waals surface area contributed by atoms with Crippen LogP contribution in [0.1, 0.15) is 30.8 Å². The summed E-state index contributed by atoms with van der Waals surface area (Å²) in [5.74, 6) is 0.724. The number of aromatic nitrogens is 2. The number of para-hydroxylation sites is 1. The molecule has 5 nitrogen and oxygen atoms in total. The van der Waals surface area contributed by atoms with Gasteiger partial charge < -0.3 is 9.84 Å². The summed E-state index contributed by atoms with van der Waals surface area (Å²) in [4.78, 5) is 6.83. The molecule has 0 saturated carbocycles. The maximum Gasteiger partial charge on any atom is 0.244 e. The van der Waals surface area contributed by atoms with Gasteiger partial charge in [0.15, 0.2) is 0 Å². The van der Waals surface area contributed by atoms with E-state index in [1.807, 2.05) is 24.3 Å². The van der Waals surface area contributed by atoms with Gasteiger partial charge in [-0.25, -0.2) is 4.39 Å². The molecule has 2 heterocycles. The van der Waals surface area contributed by atoms with E-state index < -0.39 is 0 Å². The van der Waals surface area contributed by atoms with E-state index in [0.717, 1.165) is 25.2 Å². The highest BCUT2D eigenvalue weighted by atomic mass is 19.1. The summed E-state index contributed by atoms with van der Waals surface area (Å²) in [6.07, 6.45) is 1.06. The van der Waals surface area contributed by atoms with Crippen LogP contribution in [0.2, 0.25) is 0 Å². The molecule has 0 unspecified atom stereocenters. The first-order valence-electron chi connectivity index (χ1n) is 9.26. The first kappa shape index (κ1) is 17.7. The minimum atomic E-state index is -0.263. The lowest BCUT2D eigenvalue weighted by Crippen LogP contribution is -2.28. The normalized spacial score (nSPS) is 18.6. The van der Waals surface area contributed by atoms with E-state index in [1.54, 1.807) is 13.0 Å². The summed E-state index contributed by atoms with van der Waals surface area (Å²) < 4.78 is 19.3. The molecule has 2 aromatic carbocycles. The van der Waals surface area contributed by atoms with E-state index in [4.69, 9.17) is 4.52 Å². The largest absolute Gasteiger partial charge is 0.381 e. The summed E-state index contributed by atoms with van der Waals surface area (Å²) in [5, 5.41) is 7.61. The minimum absolute atomic E-state index is 0.0177. The van der Waals surface area contributed by atoms with E-state index in [1.165, 1.54) is 6.07 Å². The van der Waals surface area contributed by atoms with Gasteiger partial charge in [-0.3, -0.25) is 4.90 Å². The van der Waals surface area contributed by atoms with Crippen LogP contribution < -0.4 is 5.32 Å². The predicted octanol–water partition coefficient (Wildman–Crippen LogP) is 4.43. The van der Waals surface area contributed by atoms with Crippen LogP contribution in [0.3, 0.4) is 0 Å². The maximum absolute atomic E-state index is 13.8. The molecule has 6 heteroatoms. The molecule has 4 rings (SSSR count). The molecule has 0 radical (unpaired) electrons. The Hall–Kier alpha value is -2.73. The molecule has 1 saturated heterocycles. The molecule has 0 bridgehead atoms. The third kappa shape index (κ3) is 3.85. The lowest BCUT2D eigenvalue weighted by Gasteiger charge is -2.21. The summed E-state index contributed by atoms with van der Waals surface area (Å²) >= 11 is 0. The van der Waals surface area contributed by atoms with E-state index in [-0.39, 0.29) is 11.9 Å². The van der Waals surface area contributed by atoms with Gasteiger partial charge in [-0.2, -0.15) is 4.98 Å². The van der Waals surface area contributed by atoms with E-state index in [0.29, 0.717) is 28.9 Å². The average molecular weight is 366 g/mol. The van der Waals surface area contributed by atoms with Gasteiger partial charge in [-0.1, -0.05) is 35.5 Å². The minimum Gasteiger partial charge on any atom is -0.381 e. The Morgan fingerprint density at radius 3 is 2.81 bits per heavy atom. The van der Waals surface area contributed by atoms with Gasteiger partial charge in [0.1, 0.15) is 5.82 Å². The highest BCUT2D eigenvalue weighted by Crippen LogP contribution is 2.27. The topological polar surface area (TPSA) is 54.2 Å². The fraction of sp³-hybridized carbons (Fsp3) is 0.333. The standard InChI is InChI=1S/C21H23FN4O/c1-14-8-9-16(12-19(14)22)20-24-21(27-25-20)15(2)26-11-10-18(13-26)23-17-6-4-3-5-7-17/h3-9,12,15,18,23H,10-11,13H2,1-2H3/t15-,18-/m1/s1. The number of aryl methyl sites for hydroxylation is 1. The third-order valence-corrected chi connectivity index (χ3v) is 5.14. The number of hydrogen-bond acceptors (Lipinski definition) is 5. The molecular weight excluding hydrogens is 343 g/mol. The Morgan fingerprint density at radius 2 is 2.04 bits per heavy atom. The molecule has 0 amide bonds. The van der Waals surface area contributed by atoms with Gasteiger partial charge in [0.05, 0.1) is 6.04 Å². The van der Waals surface area contributed by atoms with Crippen molar-refractivity contribution in [2.45, 2.75) is 32.4 Å². The van der Waals surface area contributed by atoms with E-state index in [9.17, 15) is 4.39 Å². The lowest BCUT2D eigenvalue weighted by atomic mass is 10.1. The van der Waals surface area contributed by atoms with Crippen LogP contribution in [0.4, 0.5) is 10.1 Å². The summed E-state index contributed by atoms with van der Waals surface area (Å²) in [7, 11) is 0. The van der Waals surface area contributed by atoms with Crippen molar-refractivity contribution in [1.29, 1.82) is 0 Å². The quantitative estimate of drug-likeness (QED) is 0.724. The number of rotatable bonds is 5. The SMILES string of the molecule is Cc1ccc(-c2noc([C@@H](C)N3CC[C@@H](Nc4ccccc4)C3)n2)cc1F. The van der Waals surface area contributed by atoms with Gasteiger partial charge in [0.25, 0.3) is 0 Å². The van der Waals surface area contributed by atoms with Crippen LogP contribution >= 0.6 is 0 Å². The summed E-state index contributed by atoms with van der Waals surface area (Å²) in [6, 6.07) is 15.6. The van der Waals surface area contributed by atoms with Crippen molar-refractivity contribution in [3.05, 3.63) is 65.8 Å². The number of nitrogens with zero attached hydrogens (tertiary/aromatic N) is 3. The van der Waals surface area contributed by atoms with Crippen LogP contribution in [-0.2, 0) is 0 Å². The Bertz CT molecular complexity index is 912. The fourth-order valence-corrected chi connectivity index (χ4v) is 3.44. The highest BCUT2D eigenvalue weighted by Gasteiger charge is 2.29. The number of benzene rings is 2. The Labute approximate surface area is 158 Å². The number of nitrogens with one attached hydrogen (secondary N) is 1. The molecule has 1 N–H and O–H groups in total. The van der Waals surface area contributed by atoms with Crippen molar-refractivity contribution in [2.75, 3.05) is 18.4 Å². The number of halogens is 1. The molecule has 0 aliphatic carbocycles. The van der Waals surface area contributed by atoms with Crippen LogP contribution in [-0.4, -0.2) is 34.2 Å². The molecule has 1 aliphatic rings. The summed E-state index contributed by atoms with van der Waals surface area (Å²) in [5.41, 5.74) is 2.37. The van der Waals surface area contributed by atoms with E-state index in [2.05, 4.69) is 39.4 Å². The number of likely N-dealkylation sites (tertiary alicyclic amines) is 1. The van der Waals surface area contributed by atoms with E-state index >= 15 is 0 Å². The zero-order chi connectivity index (χ0) is 18.8. The van der Waals surface area contributed by atoms with Crippen LogP contribution in [0.5, 0.6) is 0 Å². The molecule has 27 heavy (non-hydrogen) atoms. The predicted molar refractivity (Wildman–Crippen MR) is 103 cm³/mol. The van der Waals surface area contributed by atoms with Gasteiger partial charge in [-0.05, 0) is 44.0 Å². The highest BCUT2D eigenvalue weighted by molar-refractivity contribution is 5.55. The molecule has 3 aromatic rings. The van der Waals surface area contributed by atoms with Crippen molar-refractivity contribution in [3.63, 3.8) is 0 Å². The first-order valence-corrected chi connectivity index (χ1v) is 9.26.